The Morgan fingerprint density at radius 2 is 1.89 bits per heavy atom. The third-order valence-electron chi connectivity index (χ3n) is 5.51. The number of hydrogen-bond acceptors (Lipinski definition) is 2. The van der Waals surface area contributed by atoms with Gasteiger partial charge in [0.1, 0.15) is 6.04 Å². The van der Waals surface area contributed by atoms with E-state index in [0.717, 1.165) is 27.7 Å². The number of carboxylic acids is 1. The molecule has 4 heteroatoms. The monoisotopic (exact) mass is 362 g/mol. The molecule has 0 saturated carbocycles. The van der Waals surface area contributed by atoms with Gasteiger partial charge >= 0.3 is 5.97 Å². The van der Waals surface area contributed by atoms with E-state index in [9.17, 15) is 9.90 Å². The Bertz CT molecular complexity index is 1030. The predicted octanol–water partition coefficient (Wildman–Crippen LogP) is 4.46. The minimum Gasteiger partial charge on any atom is -0.480 e. The third kappa shape index (κ3) is 3.15. The average Bonchev–Trinajstić information content (AvgIpc) is 2.98. The molecular weight excluding hydrogens is 336 g/mol. The number of fused-ring (bicyclic) bond motifs is 3. The number of H-pyrrole nitrogens is 1. The molecule has 3 N–H and O–H groups in total. The van der Waals surface area contributed by atoms with Gasteiger partial charge < -0.3 is 10.1 Å². The van der Waals surface area contributed by atoms with E-state index in [4.69, 9.17) is 0 Å². The Balaban J connectivity index is 1.91. The highest BCUT2D eigenvalue weighted by atomic mass is 16.4. The fourth-order valence-corrected chi connectivity index (χ4v) is 4.07. The summed E-state index contributed by atoms with van der Waals surface area (Å²) < 4.78 is 0. The van der Waals surface area contributed by atoms with Gasteiger partial charge in [-0.25, -0.2) is 0 Å². The van der Waals surface area contributed by atoms with E-state index in [0.29, 0.717) is 6.42 Å². The number of aryl methyl sites for hydroxylation is 1. The second-order valence-electron chi connectivity index (χ2n) is 8.64. The first-order valence-electron chi connectivity index (χ1n) is 9.44. The van der Waals surface area contributed by atoms with E-state index < -0.39 is 12.0 Å². The van der Waals surface area contributed by atoms with Crippen LogP contribution in [0.2, 0.25) is 0 Å². The van der Waals surface area contributed by atoms with Crippen LogP contribution >= 0.6 is 0 Å². The summed E-state index contributed by atoms with van der Waals surface area (Å²) in [6, 6.07) is 14.0. The lowest BCUT2D eigenvalue weighted by atomic mass is 9.82. The number of carbonyl (C=O) groups is 1. The molecule has 4 nitrogen and oxygen atoms in total. The van der Waals surface area contributed by atoms with Crippen molar-refractivity contribution in [3.05, 3.63) is 70.4 Å². The largest absolute Gasteiger partial charge is 0.480 e. The van der Waals surface area contributed by atoms with Gasteiger partial charge in [0.05, 0.1) is 6.04 Å². The molecule has 140 valence electrons. The molecule has 0 aliphatic carbocycles. The molecule has 1 aliphatic heterocycles. The van der Waals surface area contributed by atoms with E-state index >= 15 is 0 Å². The van der Waals surface area contributed by atoms with Crippen LogP contribution in [0.3, 0.4) is 0 Å². The third-order valence-corrected chi connectivity index (χ3v) is 5.51. The van der Waals surface area contributed by atoms with Crippen molar-refractivity contribution >= 4 is 16.9 Å². The van der Waals surface area contributed by atoms with Crippen LogP contribution in [0, 0.1) is 6.92 Å². The second kappa shape index (κ2) is 6.24. The molecule has 3 aromatic rings. The standard InChI is InChI=1S/C23H26N2O2/c1-13-9-14(11-15(10-13)23(2,3)4)20-21-17(12-19(25-20)22(26)27)16-7-5-6-8-18(16)24-21/h5-11,19-20,24-25H,12H2,1-4H3,(H,26,27). The van der Waals surface area contributed by atoms with Crippen molar-refractivity contribution in [2.45, 2.75) is 51.6 Å². The van der Waals surface area contributed by atoms with Gasteiger partial charge in [-0.05, 0) is 35.1 Å². The number of carboxylic acid groups (broad SMARTS) is 1. The lowest BCUT2D eigenvalue weighted by Crippen LogP contribution is -2.45. The number of para-hydroxylation sites is 1. The maximum absolute atomic E-state index is 11.8. The summed E-state index contributed by atoms with van der Waals surface area (Å²) in [5, 5.41) is 14.2. The van der Waals surface area contributed by atoms with Crippen LogP contribution < -0.4 is 5.32 Å². The number of hydrogen-bond donors (Lipinski definition) is 3. The van der Waals surface area contributed by atoms with Gasteiger partial charge in [0.2, 0.25) is 0 Å². The normalized spacial score (nSPS) is 19.9. The summed E-state index contributed by atoms with van der Waals surface area (Å²) in [7, 11) is 0. The maximum atomic E-state index is 11.8. The lowest BCUT2D eigenvalue weighted by Gasteiger charge is -2.31. The van der Waals surface area contributed by atoms with Crippen molar-refractivity contribution < 1.29 is 9.90 Å². The van der Waals surface area contributed by atoms with E-state index in [-0.39, 0.29) is 11.5 Å². The van der Waals surface area contributed by atoms with E-state index in [2.05, 4.69) is 68.3 Å². The predicted molar refractivity (Wildman–Crippen MR) is 108 cm³/mol. The summed E-state index contributed by atoms with van der Waals surface area (Å²) in [4.78, 5) is 15.4. The Labute approximate surface area is 159 Å². The van der Waals surface area contributed by atoms with Crippen LogP contribution in [0.4, 0.5) is 0 Å². The topological polar surface area (TPSA) is 65.1 Å². The van der Waals surface area contributed by atoms with Crippen molar-refractivity contribution in [1.29, 1.82) is 0 Å². The van der Waals surface area contributed by atoms with Gasteiger partial charge in [0.15, 0.2) is 0 Å². The van der Waals surface area contributed by atoms with Crippen molar-refractivity contribution in [1.82, 2.24) is 10.3 Å². The molecule has 2 atom stereocenters. The highest BCUT2D eigenvalue weighted by Crippen LogP contribution is 2.37. The highest BCUT2D eigenvalue weighted by molar-refractivity contribution is 5.87. The van der Waals surface area contributed by atoms with E-state index in [1.807, 2.05) is 12.1 Å². The van der Waals surface area contributed by atoms with Crippen molar-refractivity contribution in [3.63, 3.8) is 0 Å². The van der Waals surface area contributed by atoms with Crippen LogP contribution in [0.15, 0.2) is 42.5 Å². The van der Waals surface area contributed by atoms with Crippen LogP contribution in [0.1, 0.15) is 54.8 Å². The first kappa shape index (κ1) is 17.8. The Morgan fingerprint density at radius 3 is 2.59 bits per heavy atom. The number of benzene rings is 2. The number of rotatable bonds is 2. The zero-order valence-corrected chi connectivity index (χ0v) is 16.3. The highest BCUT2D eigenvalue weighted by Gasteiger charge is 2.34. The molecule has 2 aromatic carbocycles. The van der Waals surface area contributed by atoms with Gasteiger partial charge in [-0.15, -0.1) is 0 Å². The van der Waals surface area contributed by atoms with E-state index in [1.165, 1.54) is 11.1 Å². The van der Waals surface area contributed by atoms with Crippen molar-refractivity contribution in [2.75, 3.05) is 0 Å². The molecule has 0 bridgehead atoms. The number of aromatic amines is 1. The van der Waals surface area contributed by atoms with Crippen molar-refractivity contribution in [3.8, 4) is 0 Å². The first-order valence-corrected chi connectivity index (χ1v) is 9.44. The van der Waals surface area contributed by atoms with Gasteiger partial charge in [-0.1, -0.05) is 62.7 Å². The lowest BCUT2D eigenvalue weighted by molar-refractivity contribution is -0.139. The summed E-state index contributed by atoms with van der Waals surface area (Å²) >= 11 is 0. The molecule has 1 aliphatic rings. The zero-order valence-electron chi connectivity index (χ0n) is 16.3. The van der Waals surface area contributed by atoms with Crippen LogP contribution in [0.5, 0.6) is 0 Å². The smallest absolute Gasteiger partial charge is 0.321 e. The number of aromatic nitrogens is 1. The number of nitrogens with one attached hydrogen (secondary N) is 2. The van der Waals surface area contributed by atoms with Crippen LogP contribution in [-0.4, -0.2) is 22.1 Å². The first-order chi connectivity index (χ1) is 12.7. The Kier molecular flexibility index (Phi) is 4.11. The minimum absolute atomic E-state index is 0.0327. The maximum Gasteiger partial charge on any atom is 0.321 e. The van der Waals surface area contributed by atoms with Gasteiger partial charge in [-0.2, -0.15) is 0 Å². The molecule has 2 unspecified atom stereocenters. The molecule has 0 fully saturated rings. The molecule has 4 rings (SSSR count). The van der Waals surface area contributed by atoms with E-state index in [1.54, 1.807) is 0 Å². The molecule has 0 spiro atoms. The molecule has 0 saturated heterocycles. The summed E-state index contributed by atoms with van der Waals surface area (Å²) in [5.41, 5.74) is 6.84. The second-order valence-corrected chi connectivity index (χ2v) is 8.64. The molecule has 0 radical (unpaired) electrons. The van der Waals surface area contributed by atoms with Crippen LogP contribution in [-0.2, 0) is 16.6 Å². The van der Waals surface area contributed by atoms with Gasteiger partial charge in [0.25, 0.3) is 0 Å². The Morgan fingerprint density at radius 1 is 1.15 bits per heavy atom. The molecule has 1 aromatic heterocycles. The SMILES string of the molecule is Cc1cc(C2NC(C(=O)O)Cc3c2[nH]c2ccccc32)cc(C(C)(C)C)c1. The van der Waals surface area contributed by atoms with Crippen molar-refractivity contribution in [2.24, 2.45) is 0 Å². The van der Waals surface area contributed by atoms with Gasteiger partial charge in [-0.3, -0.25) is 10.1 Å². The number of aliphatic carboxylic acids is 1. The quantitative estimate of drug-likeness (QED) is 0.630. The summed E-state index contributed by atoms with van der Waals surface area (Å²) in [6.07, 6.45) is 0.489. The molecule has 2 heterocycles. The van der Waals surface area contributed by atoms with Crippen LogP contribution in [0.25, 0.3) is 10.9 Å². The fraction of sp³-hybridized carbons (Fsp3) is 0.348. The summed E-state index contributed by atoms with van der Waals surface area (Å²) in [6.45, 7) is 8.71. The average molecular weight is 362 g/mol. The summed E-state index contributed by atoms with van der Waals surface area (Å²) in [5.74, 6) is -0.806. The zero-order chi connectivity index (χ0) is 19.3. The molecular formula is C23H26N2O2. The molecule has 0 amide bonds. The van der Waals surface area contributed by atoms with Gasteiger partial charge in [0, 0.05) is 23.0 Å². The Hall–Kier alpha value is -2.59. The minimum atomic E-state index is -0.806. The fourth-order valence-electron chi connectivity index (χ4n) is 4.07. The molecule has 27 heavy (non-hydrogen) atoms.